The normalized spacial score (nSPS) is 16.1. The van der Waals surface area contributed by atoms with E-state index in [2.05, 4.69) is 5.32 Å². The topological polar surface area (TPSA) is 80.2 Å². The van der Waals surface area contributed by atoms with E-state index >= 15 is 0 Å². The van der Waals surface area contributed by atoms with E-state index in [1.165, 1.54) is 16.3 Å². The zero-order chi connectivity index (χ0) is 16.9. The van der Waals surface area contributed by atoms with E-state index in [0.717, 1.165) is 39.1 Å². The highest BCUT2D eigenvalue weighted by molar-refractivity contribution is 7.92. The van der Waals surface area contributed by atoms with Crippen LogP contribution in [0.4, 0.5) is 5.69 Å². The molecular weight excluding hydrogens is 318 g/mol. The van der Waals surface area contributed by atoms with E-state index in [4.69, 9.17) is 4.74 Å². The van der Waals surface area contributed by atoms with Crippen molar-refractivity contribution in [3.63, 3.8) is 0 Å². The van der Waals surface area contributed by atoms with E-state index < -0.39 is 10.0 Å². The number of morpholine rings is 1. The zero-order valence-corrected chi connectivity index (χ0v) is 14.4. The van der Waals surface area contributed by atoms with Crippen LogP contribution in [0.5, 0.6) is 0 Å². The fourth-order valence-corrected chi connectivity index (χ4v) is 2.88. The summed E-state index contributed by atoms with van der Waals surface area (Å²) in [6.45, 7) is 4.99. The standard InChI is InChI=1S/C15H23N3O4S/c1-17(23(2,20)21)14-5-3-13(4-6-14)15(19)16-7-8-18-9-11-22-12-10-18/h3-6H,7-12H2,1-2H3,(H,16,19)/p+1. The Morgan fingerprint density at radius 2 is 1.87 bits per heavy atom. The Hall–Kier alpha value is -1.64. The molecule has 7 nitrogen and oxygen atoms in total. The summed E-state index contributed by atoms with van der Waals surface area (Å²) in [5, 5.41) is 2.89. The summed E-state index contributed by atoms with van der Waals surface area (Å²) in [6, 6.07) is 6.52. The molecule has 1 heterocycles. The second-order valence-electron chi connectivity index (χ2n) is 5.65. The van der Waals surface area contributed by atoms with Gasteiger partial charge < -0.3 is 15.0 Å². The van der Waals surface area contributed by atoms with E-state index in [9.17, 15) is 13.2 Å². The van der Waals surface area contributed by atoms with E-state index in [-0.39, 0.29) is 5.91 Å². The van der Waals surface area contributed by atoms with E-state index in [1.807, 2.05) is 0 Å². The molecule has 0 atom stereocenters. The molecule has 23 heavy (non-hydrogen) atoms. The number of ether oxygens (including phenoxy) is 1. The van der Waals surface area contributed by atoms with E-state index in [0.29, 0.717) is 17.8 Å². The van der Waals surface area contributed by atoms with Crippen molar-refractivity contribution >= 4 is 21.6 Å². The molecule has 0 saturated carbocycles. The first-order valence-electron chi connectivity index (χ1n) is 7.61. The van der Waals surface area contributed by atoms with Gasteiger partial charge >= 0.3 is 0 Å². The van der Waals surface area contributed by atoms with Gasteiger partial charge in [0, 0.05) is 12.6 Å². The van der Waals surface area contributed by atoms with Crippen LogP contribution >= 0.6 is 0 Å². The predicted molar refractivity (Wildman–Crippen MR) is 88.4 cm³/mol. The largest absolute Gasteiger partial charge is 0.370 e. The highest BCUT2D eigenvalue weighted by Crippen LogP contribution is 2.16. The monoisotopic (exact) mass is 342 g/mol. The van der Waals surface area contributed by atoms with Crippen molar-refractivity contribution in [3.8, 4) is 0 Å². The summed E-state index contributed by atoms with van der Waals surface area (Å²) in [6.07, 6.45) is 1.14. The SMILES string of the molecule is CN(c1ccc(C(=O)NCC[NH+]2CCOCC2)cc1)S(C)(=O)=O. The Morgan fingerprint density at radius 1 is 1.26 bits per heavy atom. The number of carbonyl (C=O) groups is 1. The number of anilines is 1. The minimum atomic E-state index is -3.30. The number of benzene rings is 1. The van der Waals surface area contributed by atoms with Crippen LogP contribution < -0.4 is 14.5 Å². The third-order valence-corrected chi connectivity index (χ3v) is 5.16. The molecule has 2 N–H and O–H groups in total. The molecule has 0 spiro atoms. The predicted octanol–water partition coefficient (Wildman–Crippen LogP) is -1.27. The van der Waals surface area contributed by atoms with Gasteiger partial charge in [0.1, 0.15) is 13.1 Å². The van der Waals surface area contributed by atoms with Crippen LogP contribution in [0.15, 0.2) is 24.3 Å². The Balaban J connectivity index is 1.85. The quantitative estimate of drug-likeness (QED) is 0.675. The number of nitrogens with one attached hydrogen (secondary N) is 2. The van der Waals surface area contributed by atoms with Crippen LogP contribution in [0.25, 0.3) is 0 Å². The maximum Gasteiger partial charge on any atom is 0.251 e. The summed E-state index contributed by atoms with van der Waals surface area (Å²) in [4.78, 5) is 13.5. The van der Waals surface area contributed by atoms with E-state index in [1.54, 1.807) is 24.3 Å². The zero-order valence-electron chi connectivity index (χ0n) is 13.5. The van der Waals surface area contributed by atoms with Gasteiger partial charge in [0.25, 0.3) is 5.91 Å². The Bertz CT molecular complexity index is 625. The number of carbonyl (C=O) groups excluding carboxylic acids is 1. The number of amides is 1. The van der Waals surface area contributed by atoms with Crippen molar-refractivity contribution in [1.29, 1.82) is 0 Å². The molecule has 128 valence electrons. The fraction of sp³-hybridized carbons (Fsp3) is 0.533. The van der Waals surface area contributed by atoms with Gasteiger partial charge in [-0.25, -0.2) is 8.42 Å². The molecule has 8 heteroatoms. The van der Waals surface area contributed by atoms with Gasteiger partial charge in [0.15, 0.2) is 0 Å². The Labute approximate surface area is 137 Å². The molecule has 1 aliphatic rings. The number of sulfonamides is 1. The lowest BCUT2D eigenvalue weighted by atomic mass is 10.2. The van der Waals surface area contributed by atoms with Gasteiger partial charge in [0.05, 0.1) is 38.2 Å². The summed E-state index contributed by atoms with van der Waals surface area (Å²) in [5.74, 6) is -0.147. The molecule has 0 aliphatic carbocycles. The minimum Gasteiger partial charge on any atom is -0.370 e. The van der Waals surface area contributed by atoms with Crippen molar-refractivity contribution in [1.82, 2.24) is 5.32 Å². The van der Waals surface area contributed by atoms with Crippen molar-refractivity contribution in [2.45, 2.75) is 0 Å². The average molecular weight is 342 g/mol. The van der Waals surface area contributed by atoms with Crippen LogP contribution in [0.3, 0.4) is 0 Å². The molecule has 1 fully saturated rings. The first kappa shape index (κ1) is 17.7. The first-order valence-corrected chi connectivity index (χ1v) is 9.46. The number of quaternary nitrogens is 1. The molecule has 0 unspecified atom stereocenters. The number of hydrogen-bond donors (Lipinski definition) is 2. The molecule has 2 rings (SSSR count). The van der Waals surface area contributed by atoms with Gasteiger partial charge in [-0.2, -0.15) is 0 Å². The summed E-state index contributed by atoms with van der Waals surface area (Å²) in [5.41, 5.74) is 1.05. The molecule has 1 saturated heterocycles. The molecule has 1 amide bonds. The smallest absolute Gasteiger partial charge is 0.251 e. The van der Waals surface area contributed by atoms with Crippen molar-refractivity contribution in [3.05, 3.63) is 29.8 Å². The third-order valence-electron chi connectivity index (χ3n) is 3.95. The first-order chi connectivity index (χ1) is 10.9. The van der Waals surface area contributed by atoms with Crippen molar-refractivity contribution in [2.24, 2.45) is 0 Å². The number of rotatable bonds is 6. The van der Waals surface area contributed by atoms with Gasteiger partial charge in [-0.15, -0.1) is 0 Å². The van der Waals surface area contributed by atoms with Crippen molar-refractivity contribution in [2.75, 3.05) is 57.0 Å². The Morgan fingerprint density at radius 3 is 2.43 bits per heavy atom. The van der Waals surface area contributed by atoms with Crippen LogP contribution in [-0.2, 0) is 14.8 Å². The minimum absolute atomic E-state index is 0.147. The number of nitrogens with zero attached hydrogens (tertiary/aromatic N) is 1. The lowest BCUT2D eigenvalue weighted by molar-refractivity contribution is -0.906. The van der Waals surface area contributed by atoms with Crippen LogP contribution in [-0.4, -0.2) is 67.0 Å². The molecule has 1 aliphatic heterocycles. The van der Waals surface area contributed by atoms with Crippen LogP contribution in [0.1, 0.15) is 10.4 Å². The highest BCUT2D eigenvalue weighted by atomic mass is 32.2. The average Bonchev–Trinajstić information content (AvgIpc) is 2.54. The number of hydrogen-bond acceptors (Lipinski definition) is 4. The summed E-state index contributed by atoms with van der Waals surface area (Å²) < 4.78 is 29.4. The highest BCUT2D eigenvalue weighted by Gasteiger charge is 2.15. The van der Waals surface area contributed by atoms with Crippen LogP contribution in [0.2, 0.25) is 0 Å². The van der Waals surface area contributed by atoms with Gasteiger partial charge in [-0.1, -0.05) is 0 Å². The maximum absolute atomic E-state index is 12.1. The molecular formula is C15H24N3O4S+. The molecule has 0 aromatic heterocycles. The van der Waals surface area contributed by atoms with Crippen molar-refractivity contribution < 1.29 is 22.8 Å². The van der Waals surface area contributed by atoms with Gasteiger partial charge in [-0.3, -0.25) is 9.10 Å². The van der Waals surface area contributed by atoms with Gasteiger partial charge in [-0.05, 0) is 24.3 Å². The maximum atomic E-state index is 12.1. The van der Waals surface area contributed by atoms with Gasteiger partial charge in [0.2, 0.25) is 10.0 Å². The molecule has 0 bridgehead atoms. The summed E-state index contributed by atoms with van der Waals surface area (Å²) >= 11 is 0. The Kier molecular flexibility index (Phi) is 5.97. The van der Waals surface area contributed by atoms with Crippen LogP contribution in [0, 0.1) is 0 Å². The lowest BCUT2D eigenvalue weighted by Crippen LogP contribution is -3.14. The molecule has 0 radical (unpaired) electrons. The third kappa shape index (κ3) is 5.19. The summed E-state index contributed by atoms with van der Waals surface area (Å²) in [7, 11) is -1.81. The molecule has 1 aromatic carbocycles. The molecule has 1 aromatic rings. The second-order valence-corrected chi connectivity index (χ2v) is 7.66. The lowest BCUT2D eigenvalue weighted by Gasteiger charge is -2.23. The second kappa shape index (κ2) is 7.76. The fourth-order valence-electron chi connectivity index (χ4n) is 2.38.